The number of benzene rings is 1. The van der Waals surface area contributed by atoms with Gasteiger partial charge >= 0.3 is 0 Å². The third kappa shape index (κ3) is 9.58. The van der Waals surface area contributed by atoms with Crippen molar-refractivity contribution < 1.29 is 48.4 Å². The highest BCUT2D eigenvalue weighted by Gasteiger charge is 2.31. The number of aliphatic hydroxyl groups excluding tert-OH is 1. The van der Waals surface area contributed by atoms with Crippen molar-refractivity contribution >= 4 is 47.4 Å². The Kier molecular flexibility index (Phi) is 11.2. The van der Waals surface area contributed by atoms with Crippen molar-refractivity contribution in [3.05, 3.63) is 27.8 Å². The van der Waals surface area contributed by atoms with Crippen LogP contribution in [0.3, 0.4) is 0 Å². The van der Waals surface area contributed by atoms with E-state index in [0.717, 1.165) is 29.5 Å². The number of carbonyl (C=O) groups excluding carboxylic acids is 1. The van der Waals surface area contributed by atoms with Crippen molar-refractivity contribution in [2.45, 2.75) is 11.8 Å². The molecular formula is C18H29N3O12S3. The highest BCUT2D eigenvalue weighted by Crippen LogP contribution is 2.34. The van der Waals surface area contributed by atoms with Gasteiger partial charge in [-0.25, -0.2) is 8.42 Å². The molecule has 0 radical (unpaired) electrons. The molecule has 18 heteroatoms. The first-order valence-corrected chi connectivity index (χ1v) is 15.6. The summed E-state index contributed by atoms with van der Waals surface area (Å²) in [4.78, 5) is 25.3. The van der Waals surface area contributed by atoms with E-state index in [4.69, 9.17) is 13.5 Å². The highest BCUT2D eigenvalue weighted by molar-refractivity contribution is 7.91. The Bertz CT molecular complexity index is 1240. The number of aliphatic hydroxyl groups is 1. The summed E-state index contributed by atoms with van der Waals surface area (Å²) in [5, 5.41) is 20.8. The summed E-state index contributed by atoms with van der Waals surface area (Å²) >= 11 is 0. The van der Waals surface area contributed by atoms with Crippen LogP contribution in [0, 0.1) is 10.1 Å². The number of nitro benzene ring substituents is 1. The van der Waals surface area contributed by atoms with Gasteiger partial charge < -0.3 is 14.9 Å². The maximum Gasteiger partial charge on any atom is 0.283 e. The summed E-state index contributed by atoms with van der Waals surface area (Å²) in [6, 6.07) is 1.67. The van der Waals surface area contributed by atoms with Crippen molar-refractivity contribution in [2.24, 2.45) is 0 Å². The first-order valence-electron chi connectivity index (χ1n) is 10.3. The standard InChI is InChI=1S/C18H29N3O12S3/c1-5-36(30,31)17-13-15(21(24)25)14(18(23)19(2)6-9-22)12-16(17)20(7-10-32-34(3,26)27)8-11-33-35(4,28)29/h12-13,22H,5-11H2,1-4H3. The maximum atomic E-state index is 12.9. The molecule has 0 aliphatic carbocycles. The van der Waals surface area contributed by atoms with Crippen LogP contribution in [0.5, 0.6) is 0 Å². The fourth-order valence-electron chi connectivity index (χ4n) is 2.94. The van der Waals surface area contributed by atoms with E-state index in [1.165, 1.54) is 18.9 Å². The van der Waals surface area contributed by atoms with Crippen LogP contribution in [-0.4, -0.2) is 111 Å². The third-order valence-corrected chi connectivity index (χ3v) is 7.61. The molecule has 206 valence electrons. The van der Waals surface area contributed by atoms with Crippen molar-refractivity contribution in [3.63, 3.8) is 0 Å². The Balaban J connectivity index is 3.79. The number of sulfone groups is 1. The van der Waals surface area contributed by atoms with Gasteiger partial charge in [0.2, 0.25) is 0 Å². The predicted octanol–water partition coefficient (Wildman–Crippen LogP) is -0.788. The molecule has 0 saturated carbocycles. The predicted molar refractivity (Wildman–Crippen MR) is 129 cm³/mol. The molecule has 0 saturated heterocycles. The van der Waals surface area contributed by atoms with E-state index < -0.39 is 82.6 Å². The Hall–Kier alpha value is -2.38. The number of rotatable bonds is 15. The number of hydrogen-bond donors (Lipinski definition) is 1. The normalized spacial score (nSPS) is 12.4. The molecule has 1 aromatic rings. The quantitative estimate of drug-likeness (QED) is 0.155. The third-order valence-electron chi connectivity index (χ3n) is 4.66. The van der Waals surface area contributed by atoms with Crippen molar-refractivity contribution in [3.8, 4) is 0 Å². The van der Waals surface area contributed by atoms with Gasteiger partial charge in [-0.3, -0.25) is 23.3 Å². The molecule has 0 aromatic heterocycles. The summed E-state index contributed by atoms with van der Waals surface area (Å²) in [6.07, 6.45) is 1.58. The van der Waals surface area contributed by atoms with E-state index in [1.807, 2.05) is 0 Å². The summed E-state index contributed by atoms with van der Waals surface area (Å²) in [6.45, 7) is -0.933. The summed E-state index contributed by atoms with van der Waals surface area (Å²) in [5.74, 6) is -1.36. The van der Waals surface area contributed by atoms with Gasteiger partial charge in [0.15, 0.2) is 9.84 Å². The lowest BCUT2D eigenvalue weighted by Crippen LogP contribution is -2.34. The monoisotopic (exact) mass is 575 g/mol. The topological polar surface area (TPSA) is 208 Å². The average molecular weight is 576 g/mol. The molecule has 1 N–H and O–H groups in total. The molecular weight excluding hydrogens is 546 g/mol. The van der Waals surface area contributed by atoms with E-state index in [9.17, 15) is 40.2 Å². The van der Waals surface area contributed by atoms with Gasteiger partial charge in [-0.2, -0.15) is 16.8 Å². The SMILES string of the molecule is CCS(=O)(=O)c1cc([N+](=O)[O-])c(C(=O)N(C)CCO)cc1N(CCOS(C)(=O)=O)CCOS(C)(=O)=O. The second-order valence-corrected chi connectivity index (χ2v) is 13.0. The van der Waals surface area contributed by atoms with Gasteiger partial charge in [0.25, 0.3) is 31.8 Å². The Morgan fingerprint density at radius 3 is 1.89 bits per heavy atom. The van der Waals surface area contributed by atoms with Crippen molar-refractivity contribution in [2.75, 3.05) is 69.7 Å². The smallest absolute Gasteiger partial charge is 0.283 e. The highest BCUT2D eigenvalue weighted by atomic mass is 32.2. The minimum absolute atomic E-state index is 0.172. The molecule has 0 aliphatic rings. The molecule has 0 fully saturated rings. The lowest BCUT2D eigenvalue weighted by Gasteiger charge is -2.27. The molecule has 0 heterocycles. The van der Waals surface area contributed by atoms with Gasteiger partial charge in [0, 0.05) is 32.7 Å². The van der Waals surface area contributed by atoms with Crippen LogP contribution in [-0.2, 0) is 38.4 Å². The number of amides is 1. The van der Waals surface area contributed by atoms with Crippen LogP contribution in [0.25, 0.3) is 0 Å². The molecule has 1 rings (SSSR count). The van der Waals surface area contributed by atoms with E-state index in [-0.39, 0.29) is 25.3 Å². The number of carbonyl (C=O) groups is 1. The molecule has 15 nitrogen and oxygen atoms in total. The molecule has 0 atom stereocenters. The van der Waals surface area contributed by atoms with Crippen LogP contribution >= 0.6 is 0 Å². The Labute approximate surface area is 209 Å². The summed E-state index contributed by atoms with van der Waals surface area (Å²) in [7, 11) is -10.6. The van der Waals surface area contributed by atoms with Crippen LogP contribution in [0.1, 0.15) is 17.3 Å². The van der Waals surface area contributed by atoms with E-state index in [2.05, 4.69) is 0 Å². The van der Waals surface area contributed by atoms with Crippen molar-refractivity contribution in [1.82, 2.24) is 4.90 Å². The second kappa shape index (κ2) is 12.7. The summed E-state index contributed by atoms with van der Waals surface area (Å²) in [5.41, 5.74) is -1.53. The fraction of sp³-hybridized carbons (Fsp3) is 0.611. The van der Waals surface area contributed by atoms with Gasteiger partial charge in [0.1, 0.15) is 5.56 Å². The van der Waals surface area contributed by atoms with Gasteiger partial charge in [-0.05, 0) is 6.07 Å². The summed E-state index contributed by atoms with van der Waals surface area (Å²) < 4.78 is 80.6. The molecule has 0 unspecified atom stereocenters. The fourth-order valence-corrected chi connectivity index (χ4v) is 4.80. The van der Waals surface area contributed by atoms with Gasteiger partial charge in [-0.1, -0.05) is 6.92 Å². The lowest BCUT2D eigenvalue weighted by molar-refractivity contribution is -0.385. The molecule has 0 bridgehead atoms. The minimum atomic E-state index is -4.14. The number of hydrogen-bond acceptors (Lipinski definition) is 13. The van der Waals surface area contributed by atoms with Crippen LogP contribution < -0.4 is 4.90 Å². The van der Waals surface area contributed by atoms with E-state index in [0.29, 0.717) is 0 Å². The van der Waals surface area contributed by atoms with Gasteiger partial charge in [0.05, 0.1) is 53.6 Å². The van der Waals surface area contributed by atoms with Crippen LogP contribution in [0.15, 0.2) is 17.0 Å². The average Bonchev–Trinajstić information content (AvgIpc) is 2.75. The molecule has 36 heavy (non-hydrogen) atoms. The van der Waals surface area contributed by atoms with Crippen molar-refractivity contribution in [1.29, 1.82) is 0 Å². The zero-order chi connectivity index (χ0) is 27.9. The second-order valence-electron chi connectivity index (χ2n) is 7.49. The number of nitrogens with zero attached hydrogens (tertiary/aromatic N) is 3. The molecule has 1 aromatic carbocycles. The zero-order valence-corrected chi connectivity index (χ0v) is 22.6. The van der Waals surface area contributed by atoms with Crippen LogP contribution in [0.2, 0.25) is 0 Å². The lowest BCUT2D eigenvalue weighted by atomic mass is 10.1. The van der Waals surface area contributed by atoms with Crippen LogP contribution in [0.4, 0.5) is 11.4 Å². The number of nitro groups is 1. The molecule has 0 spiro atoms. The number of anilines is 1. The zero-order valence-electron chi connectivity index (χ0n) is 20.1. The maximum absolute atomic E-state index is 12.9. The molecule has 1 amide bonds. The number of likely N-dealkylation sites (N-methyl/N-ethyl adjacent to an activating group) is 1. The largest absolute Gasteiger partial charge is 0.395 e. The van der Waals surface area contributed by atoms with E-state index >= 15 is 0 Å². The minimum Gasteiger partial charge on any atom is -0.395 e. The first-order chi connectivity index (χ1) is 16.4. The first kappa shape index (κ1) is 31.6. The Morgan fingerprint density at radius 1 is 1.00 bits per heavy atom. The Morgan fingerprint density at radius 2 is 1.50 bits per heavy atom. The van der Waals surface area contributed by atoms with Gasteiger partial charge in [-0.15, -0.1) is 0 Å². The molecule has 0 aliphatic heterocycles. The van der Waals surface area contributed by atoms with E-state index in [1.54, 1.807) is 0 Å².